The fourth-order valence-corrected chi connectivity index (χ4v) is 18.3. The molecule has 4 amide bonds. The largest absolute Gasteiger partial charge is 0.370 e. The second kappa shape index (κ2) is 43.9. The minimum Gasteiger partial charge on any atom is -0.370 e. The lowest BCUT2D eigenvalue weighted by molar-refractivity contribution is -0.0566. The summed E-state index contributed by atoms with van der Waals surface area (Å²) in [6.07, 6.45) is 20.5. The van der Waals surface area contributed by atoms with Crippen LogP contribution in [0, 0.1) is 0 Å². The van der Waals surface area contributed by atoms with E-state index in [2.05, 4.69) is 136 Å². The number of likely N-dealkylation sites (tertiary alicyclic amines) is 2. The number of piperidine rings is 2. The number of halogens is 4. The number of aromatic amines is 4. The molecule has 0 aliphatic carbocycles. The standard InChI is InChI=1S/C28H30F2N6O.C27H28F2N6O.C27H30N6O.C26H28N6O/c1-35(2)17-19-4-3-5-23(13-19)32-27(37)26-24-14-21(6-7-25(24)33-34-26)22-12-20(15-31-16-22)18-36-10-8-28(29,30)9-11-36;1-34(2)15-18-4-3-5-22(11-18)31-26(36)25-23-12-20(6-7-24(23)32-33-25)21-10-19(13-30-14-21)16-35-9-8-27(28,29)17-35;1-32(2)18-19-7-6-8-22(13-19)29-27(34)26-24-15-20(9-10-25(24)30-31-26)21-14-23(17-28-16-21)33-11-4-3-5-12-33;1-31(2)17-18-6-5-7-21(12-18)28-26(33)25-23-14-19(8-9-24(23)29-30-25)20-13-22(16-27-15-20)32-10-3-4-11-32/h3-7,12-16H,8-11,17-18H2,1-2H3,(H,32,37)(H,33,34);3-7,10-14H,8-9,15-17H2,1-2H3,(H,31,36)(H,32,33);6-10,13-17H,3-5,11-12,18H2,1-2H3,(H,29,34)(H,30,31);5-9,12-16H,3-4,10-11,17H2,1-2H3,(H,28,33)(H,29,30). The molecule has 0 radical (unpaired) electrons. The van der Waals surface area contributed by atoms with Crippen molar-refractivity contribution in [3.8, 4) is 44.5 Å². The van der Waals surface area contributed by atoms with Crippen molar-refractivity contribution in [1.82, 2.24) is 90.1 Å². The van der Waals surface area contributed by atoms with Crippen molar-refractivity contribution in [2.24, 2.45) is 0 Å². The highest BCUT2D eigenvalue weighted by Crippen LogP contribution is 2.37. The molecule has 0 saturated carbocycles. The van der Waals surface area contributed by atoms with Gasteiger partial charge in [0.25, 0.3) is 35.5 Å². The van der Waals surface area contributed by atoms with Gasteiger partial charge in [0.2, 0.25) is 0 Å². The Labute approximate surface area is 810 Å². The SMILES string of the molecule is CN(C)Cc1cccc(NC(=O)c2n[nH]c3ccc(-c4cncc(CN5CCC(F)(F)C5)c4)cc23)c1.CN(C)Cc1cccc(NC(=O)c2n[nH]c3ccc(-c4cncc(CN5CCC(F)(F)CC5)c4)cc23)c1.CN(C)Cc1cccc(NC(=O)c2n[nH]c3ccc(-c4cncc(N5CCCC5)c4)cc23)c1.CN(C)Cc1cccc(NC(=O)c2n[nH]c3ccc(-c4cncc(N5CCCCC5)c4)cc23)c1. The van der Waals surface area contributed by atoms with Crippen LogP contribution in [0.5, 0.6) is 0 Å². The molecule has 4 fully saturated rings. The van der Waals surface area contributed by atoms with Gasteiger partial charge in [0.15, 0.2) is 22.8 Å². The number of carbonyl (C=O) groups is 4. The van der Waals surface area contributed by atoms with Gasteiger partial charge in [-0.25, -0.2) is 17.6 Å². The molecule has 8 aromatic heterocycles. The first-order chi connectivity index (χ1) is 67.6. The average molecular weight is 1890 g/mol. The average Bonchev–Trinajstić information content (AvgIpc) is 1.64. The van der Waals surface area contributed by atoms with Gasteiger partial charge in [-0.15, -0.1) is 0 Å². The van der Waals surface area contributed by atoms with Crippen molar-refractivity contribution in [2.75, 3.05) is 140 Å². The Kier molecular flexibility index (Phi) is 30.4. The van der Waals surface area contributed by atoms with Gasteiger partial charge in [0.1, 0.15) is 0 Å². The Balaban J connectivity index is 0.000000129. The van der Waals surface area contributed by atoms with Crippen LogP contribution in [-0.2, 0) is 39.3 Å². The van der Waals surface area contributed by atoms with E-state index in [-0.39, 0.29) is 49.4 Å². The van der Waals surface area contributed by atoms with E-state index in [1.807, 2.05) is 256 Å². The second-order valence-corrected chi connectivity index (χ2v) is 37.6. The molecule has 32 heteroatoms. The maximum Gasteiger partial charge on any atom is 0.276 e. The summed E-state index contributed by atoms with van der Waals surface area (Å²) in [6.45, 7) is 9.34. The van der Waals surface area contributed by atoms with Gasteiger partial charge >= 0.3 is 0 Å². The summed E-state index contributed by atoms with van der Waals surface area (Å²) >= 11 is 0. The number of anilines is 6. The molecule has 16 aromatic rings. The first kappa shape index (κ1) is 96.9. The van der Waals surface area contributed by atoms with Crippen molar-refractivity contribution >= 4 is 101 Å². The zero-order chi connectivity index (χ0) is 97.6. The molecule has 720 valence electrons. The number of pyridine rings is 4. The van der Waals surface area contributed by atoms with E-state index in [4.69, 9.17) is 0 Å². The van der Waals surface area contributed by atoms with Crippen LogP contribution in [0.25, 0.3) is 88.1 Å². The normalized spacial score (nSPS) is 14.8. The molecular formula is C108H116F4N24O4. The highest BCUT2D eigenvalue weighted by Gasteiger charge is 2.38. The molecule has 20 rings (SSSR count). The number of fused-ring (bicyclic) bond motifs is 4. The Morgan fingerprint density at radius 2 is 0.593 bits per heavy atom. The number of hydrogen-bond acceptors (Lipinski definition) is 20. The lowest BCUT2D eigenvalue weighted by Gasteiger charge is -2.31. The number of nitrogens with one attached hydrogen (secondary N) is 8. The number of rotatable bonds is 26. The van der Waals surface area contributed by atoms with Crippen LogP contribution in [0.15, 0.2) is 244 Å². The van der Waals surface area contributed by atoms with Crippen molar-refractivity contribution < 1.29 is 36.7 Å². The highest BCUT2D eigenvalue weighted by molar-refractivity contribution is 6.15. The first-order valence-corrected chi connectivity index (χ1v) is 47.3. The van der Waals surface area contributed by atoms with Gasteiger partial charge in [0.05, 0.1) is 52.4 Å². The molecule has 0 bridgehead atoms. The number of carbonyl (C=O) groups excluding carboxylic acids is 4. The predicted molar refractivity (Wildman–Crippen MR) is 546 cm³/mol. The fraction of sp³-hybridized carbons (Fsp3) is 0.296. The van der Waals surface area contributed by atoms with E-state index >= 15 is 0 Å². The lowest BCUT2D eigenvalue weighted by atomic mass is 10.0. The summed E-state index contributed by atoms with van der Waals surface area (Å²) in [6, 6.07) is 63.2. The van der Waals surface area contributed by atoms with Gasteiger partial charge in [-0.3, -0.25) is 69.3 Å². The highest BCUT2D eigenvalue weighted by atomic mass is 19.3. The number of nitrogens with zero attached hydrogens (tertiary/aromatic N) is 16. The molecule has 4 aliphatic rings. The molecule has 8 aromatic carbocycles. The minimum absolute atomic E-state index is 0.109. The third-order valence-corrected chi connectivity index (χ3v) is 25.1. The number of alkyl halides is 4. The summed E-state index contributed by atoms with van der Waals surface area (Å²) in [5, 5.41) is 43.9. The van der Waals surface area contributed by atoms with E-state index in [0.717, 1.165) is 186 Å². The van der Waals surface area contributed by atoms with Crippen LogP contribution in [0.2, 0.25) is 0 Å². The van der Waals surface area contributed by atoms with E-state index in [1.165, 1.54) is 32.1 Å². The van der Waals surface area contributed by atoms with Crippen LogP contribution in [0.4, 0.5) is 51.7 Å². The summed E-state index contributed by atoms with van der Waals surface area (Å²) in [7, 11) is 16.1. The Morgan fingerprint density at radius 3 is 0.900 bits per heavy atom. The molecule has 4 aliphatic heterocycles. The number of hydrogen-bond donors (Lipinski definition) is 8. The molecule has 12 heterocycles. The first-order valence-electron chi connectivity index (χ1n) is 47.3. The Bertz CT molecular complexity index is 7070. The molecule has 0 unspecified atom stereocenters. The van der Waals surface area contributed by atoms with Crippen LogP contribution in [0.1, 0.15) is 127 Å². The van der Waals surface area contributed by atoms with Crippen molar-refractivity contribution in [3.63, 3.8) is 0 Å². The fourth-order valence-electron chi connectivity index (χ4n) is 18.3. The maximum absolute atomic E-state index is 13.6. The molecule has 140 heavy (non-hydrogen) atoms. The van der Waals surface area contributed by atoms with Crippen LogP contribution in [0.3, 0.4) is 0 Å². The van der Waals surface area contributed by atoms with Crippen molar-refractivity contribution in [1.29, 1.82) is 0 Å². The van der Waals surface area contributed by atoms with Gasteiger partial charge < -0.3 is 50.7 Å². The second-order valence-electron chi connectivity index (χ2n) is 37.6. The molecule has 4 saturated heterocycles. The number of amides is 4. The third-order valence-electron chi connectivity index (χ3n) is 25.1. The molecule has 8 N–H and O–H groups in total. The zero-order valence-corrected chi connectivity index (χ0v) is 80.0. The molecule has 0 atom stereocenters. The third kappa shape index (κ3) is 25.0. The lowest BCUT2D eigenvalue weighted by Crippen LogP contribution is -2.38. The smallest absolute Gasteiger partial charge is 0.276 e. The molecule has 0 spiro atoms. The summed E-state index contributed by atoms with van der Waals surface area (Å²) in [5.41, 5.74) is 23.7. The van der Waals surface area contributed by atoms with Gasteiger partial charge in [-0.2, -0.15) is 20.4 Å². The van der Waals surface area contributed by atoms with Gasteiger partial charge in [-0.05, 0) is 265 Å². The predicted octanol–water partition coefficient (Wildman–Crippen LogP) is 19.4. The van der Waals surface area contributed by atoms with E-state index in [9.17, 15) is 36.7 Å². The number of benzene rings is 8. The van der Waals surface area contributed by atoms with Crippen LogP contribution in [-0.4, -0.2) is 234 Å². The Morgan fingerprint density at radius 1 is 0.307 bits per heavy atom. The Hall–Kier alpha value is -14.8. The monoisotopic (exact) mass is 1890 g/mol. The zero-order valence-electron chi connectivity index (χ0n) is 80.0. The molecular weight excluding hydrogens is 1770 g/mol. The maximum atomic E-state index is 13.6. The van der Waals surface area contributed by atoms with Crippen molar-refractivity contribution in [3.05, 3.63) is 300 Å². The number of aromatic nitrogens is 12. The van der Waals surface area contributed by atoms with Crippen molar-refractivity contribution in [2.45, 2.75) is 102 Å². The van der Waals surface area contributed by atoms with E-state index in [0.29, 0.717) is 77.6 Å². The number of H-pyrrole nitrogens is 4. The quantitative estimate of drug-likeness (QED) is 0.0234. The topological polar surface area (TPSA) is 309 Å². The summed E-state index contributed by atoms with van der Waals surface area (Å²) in [4.78, 5) is 86.9. The van der Waals surface area contributed by atoms with E-state index in [1.54, 1.807) is 29.7 Å². The summed E-state index contributed by atoms with van der Waals surface area (Å²) < 4.78 is 54.1. The summed E-state index contributed by atoms with van der Waals surface area (Å²) in [5.74, 6) is -6.24. The van der Waals surface area contributed by atoms with Crippen LogP contribution < -0.4 is 31.1 Å². The molecule has 28 nitrogen and oxygen atoms in total. The van der Waals surface area contributed by atoms with E-state index < -0.39 is 11.8 Å². The van der Waals surface area contributed by atoms with Crippen LogP contribution >= 0.6 is 0 Å². The van der Waals surface area contributed by atoms with Gasteiger partial charge in [-0.1, -0.05) is 72.8 Å². The minimum atomic E-state index is -2.62. The van der Waals surface area contributed by atoms with Gasteiger partial charge in [0, 0.05) is 208 Å².